The first kappa shape index (κ1) is 18.3. The van der Waals surface area contributed by atoms with Gasteiger partial charge in [-0.2, -0.15) is 0 Å². The Bertz CT molecular complexity index is 552. The fourth-order valence-electron chi connectivity index (χ4n) is 2.90. The minimum Gasteiger partial charge on any atom is -0.372 e. The summed E-state index contributed by atoms with van der Waals surface area (Å²) in [7, 11) is 0. The zero-order valence-electron chi connectivity index (χ0n) is 14.8. The molecule has 6 nitrogen and oxygen atoms in total. The Hall–Kier alpha value is -2.08. The molecule has 24 heavy (non-hydrogen) atoms. The van der Waals surface area contributed by atoms with Gasteiger partial charge < -0.3 is 20.3 Å². The highest BCUT2D eigenvalue weighted by atomic mass is 16.5. The second-order valence-corrected chi connectivity index (χ2v) is 6.69. The van der Waals surface area contributed by atoms with Crippen LogP contribution in [0.5, 0.6) is 0 Å². The first-order valence-electron chi connectivity index (χ1n) is 8.43. The first-order chi connectivity index (χ1) is 11.4. The highest BCUT2D eigenvalue weighted by Gasteiger charge is 2.33. The molecule has 0 radical (unpaired) electrons. The van der Waals surface area contributed by atoms with Crippen LogP contribution in [0, 0.1) is 5.92 Å². The molecule has 3 atom stereocenters. The summed E-state index contributed by atoms with van der Waals surface area (Å²) < 4.78 is 5.67. The molecular formula is C18H27N3O3. The Morgan fingerprint density at radius 3 is 2.25 bits per heavy atom. The van der Waals surface area contributed by atoms with E-state index >= 15 is 0 Å². The molecule has 1 aromatic rings. The van der Waals surface area contributed by atoms with E-state index in [2.05, 4.69) is 10.6 Å². The van der Waals surface area contributed by atoms with E-state index in [1.54, 1.807) is 17.0 Å². The number of hydrogen-bond acceptors (Lipinski definition) is 3. The third-order valence-electron chi connectivity index (χ3n) is 3.98. The van der Waals surface area contributed by atoms with E-state index in [4.69, 9.17) is 4.74 Å². The number of para-hydroxylation sites is 1. The Morgan fingerprint density at radius 2 is 1.71 bits per heavy atom. The summed E-state index contributed by atoms with van der Waals surface area (Å²) in [4.78, 5) is 26.9. The fraction of sp³-hybridized carbons (Fsp3) is 0.556. The van der Waals surface area contributed by atoms with Crippen molar-refractivity contribution in [3.8, 4) is 0 Å². The van der Waals surface area contributed by atoms with Crippen LogP contribution in [0.3, 0.4) is 0 Å². The van der Waals surface area contributed by atoms with Crippen LogP contribution in [-0.4, -0.2) is 48.2 Å². The van der Waals surface area contributed by atoms with Crippen LogP contribution in [-0.2, 0) is 9.53 Å². The van der Waals surface area contributed by atoms with Gasteiger partial charge in [-0.15, -0.1) is 0 Å². The van der Waals surface area contributed by atoms with Crippen LogP contribution in [0.25, 0.3) is 0 Å². The standard InChI is InChI=1S/C18H27N3O3/c1-12(2)16(17(22)21-10-13(3)24-14(4)11-21)20-18(23)19-15-8-6-5-7-9-15/h5-9,12-14,16H,10-11H2,1-4H3,(H2,19,20,23)/t13-,14-,16-/m1/s1. The monoisotopic (exact) mass is 333 g/mol. The maximum atomic E-state index is 12.8. The van der Waals surface area contributed by atoms with Gasteiger partial charge in [-0.05, 0) is 31.9 Å². The average molecular weight is 333 g/mol. The molecule has 6 heteroatoms. The zero-order chi connectivity index (χ0) is 17.7. The molecule has 1 aliphatic rings. The van der Waals surface area contributed by atoms with Crippen molar-refractivity contribution in [3.63, 3.8) is 0 Å². The van der Waals surface area contributed by atoms with Gasteiger partial charge in [-0.1, -0.05) is 32.0 Å². The Kier molecular flexibility index (Phi) is 6.20. The molecule has 0 unspecified atom stereocenters. The van der Waals surface area contributed by atoms with Crippen LogP contribution >= 0.6 is 0 Å². The van der Waals surface area contributed by atoms with Gasteiger partial charge in [0.15, 0.2) is 0 Å². The van der Waals surface area contributed by atoms with Crippen LogP contribution in [0.15, 0.2) is 30.3 Å². The summed E-state index contributed by atoms with van der Waals surface area (Å²) in [6, 6.07) is 8.24. The maximum absolute atomic E-state index is 12.8. The topological polar surface area (TPSA) is 70.7 Å². The van der Waals surface area contributed by atoms with Crippen LogP contribution in [0.2, 0.25) is 0 Å². The highest BCUT2D eigenvalue weighted by molar-refractivity contribution is 5.93. The van der Waals surface area contributed by atoms with Gasteiger partial charge in [0.2, 0.25) is 5.91 Å². The molecule has 1 aliphatic heterocycles. The van der Waals surface area contributed by atoms with E-state index in [1.807, 2.05) is 45.9 Å². The van der Waals surface area contributed by atoms with Crippen LogP contribution in [0.1, 0.15) is 27.7 Å². The predicted molar refractivity (Wildman–Crippen MR) is 93.8 cm³/mol. The smallest absolute Gasteiger partial charge is 0.319 e. The fourth-order valence-corrected chi connectivity index (χ4v) is 2.90. The number of amides is 3. The van der Waals surface area contributed by atoms with Gasteiger partial charge in [0, 0.05) is 18.8 Å². The largest absolute Gasteiger partial charge is 0.372 e. The van der Waals surface area contributed by atoms with Crippen molar-refractivity contribution < 1.29 is 14.3 Å². The average Bonchev–Trinajstić information content (AvgIpc) is 2.51. The number of rotatable bonds is 4. The lowest BCUT2D eigenvalue weighted by Gasteiger charge is -2.38. The number of morpholine rings is 1. The van der Waals surface area contributed by atoms with Gasteiger partial charge in [0.1, 0.15) is 6.04 Å². The Labute approximate surface area is 143 Å². The summed E-state index contributed by atoms with van der Waals surface area (Å²) in [6.45, 7) is 8.87. The molecule has 3 amide bonds. The summed E-state index contributed by atoms with van der Waals surface area (Å²) in [6.07, 6.45) is 0.00677. The number of ether oxygens (including phenoxy) is 1. The van der Waals surface area contributed by atoms with Crippen molar-refractivity contribution in [2.24, 2.45) is 5.92 Å². The number of carbonyl (C=O) groups is 2. The molecule has 1 heterocycles. The van der Waals surface area contributed by atoms with Crippen molar-refractivity contribution in [2.45, 2.75) is 45.9 Å². The molecule has 0 saturated carbocycles. The summed E-state index contributed by atoms with van der Waals surface area (Å²) >= 11 is 0. The van der Waals surface area contributed by atoms with Gasteiger partial charge in [0.25, 0.3) is 0 Å². The first-order valence-corrected chi connectivity index (χ1v) is 8.43. The second-order valence-electron chi connectivity index (χ2n) is 6.69. The Morgan fingerprint density at radius 1 is 1.12 bits per heavy atom. The van der Waals surface area contributed by atoms with E-state index < -0.39 is 6.04 Å². The van der Waals surface area contributed by atoms with Gasteiger partial charge in [-0.3, -0.25) is 4.79 Å². The minimum absolute atomic E-state index is 0.00339. The third kappa shape index (κ3) is 4.96. The van der Waals surface area contributed by atoms with E-state index in [9.17, 15) is 9.59 Å². The number of carbonyl (C=O) groups excluding carboxylic acids is 2. The van der Waals surface area contributed by atoms with E-state index in [0.29, 0.717) is 18.8 Å². The molecule has 2 rings (SSSR count). The van der Waals surface area contributed by atoms with Crippen molar-refractivity contribution >= 4 is 17.6 Å². The number of nitrogens with zero attached hydrogens (tertiary/aromatic N) is 1. The van der Waals surface area contributed by atoms with Crippen molar-refractivity contribution in [1.82, 2.24) is 10.2 Å². The van der Waals surface area contributed by atoms with Crippen LogP contribution in [0.4, 0.5) is 10.5 Å². The molecule has 132 valence electrons. The SMILES string of the molecule is CC(C)[C@@H](NC(=O)Nc1ccccc1)C(=O)N1C[C@@H](C)O[C@H](C)C1. The highest BCUT2D eigenvalue weighted by Crippen LogP contribution is 2.15. The maximum Gasteiger partial charge on any atom is 0.319 e. The molecule has 0 bridgehead atoms. The molecule has 1 fully saturated rings. The summed E-state index contributed by atoms with van der Waals surface area (Å²) in [5.74, 6) is -0.0670. The van der Waals surface area contributed by atoms with Crippen molar-refractivity contribution in [2.75, 3.05) is 18.4 Å². The van der Waals surface area contributed by atoms with Gasteiger partial charge in [0.05, 0.1) is 12.2 Å². The lowest BCUT2D eigenvalue weighted by atomic mass is 10.0. The predicted octanol–water partition coefficient (Wildman–Crippen LogP) is 2.47. The number of nitrogens with one attached hydrogen (secondary N) is 2. The van der Waals surface area contributed by atoms with E-state index in [1.165, 1.54) is 0 Å². The normalized spacial score (nSPS) is 22.1. The molecule has 2 N–H and O–H groups in total. The van der Waals surface area contributed by atoms with E-state index in [-0.39, 0.29) is 30.1 Å². The van der Waals surface area contributed by atoms with Crippen LogP contribution < -0.4 is 10.6 Å². The quantitative estimate of drug-likeness (QED) is 0.889. The number of urea groups is 1. The zero-order valence-corrected chi connectivity index (χ0v) is 14.8. The number of hydrogen-bond donors (Lipinski definition) is 2. The molecule has 0 aromatic heterocycles. The third-order valence-corrected chi connectivity index (χ3v) is 3.98. The molecule has 1 aromatic carbocycles. The Balaban J connectivity index is 2.00. The van der Waals surface area contributed by atoms with Crippen molar-refractivity contribution in [3.05, 3.63) is 30.3 Å². The lowest BCUT2D eigenvalue weighted by Crippen LogP contribution is -2.57. The molecular weight excluding hydrogens is 306 g/mol. The molecule has 0 aliphatic carbocycles. The van der Waals surface area contributed by atoms with Crippen molar-refractivity contribution in [1.29, 1.82) is 0 Å². The lowest BCUT2D eigenvalue weighted by molar-refractivity contribution is -0.146. The number of benzene rings is 1. The summed E-state index contributed by atoms with van der Waals surface area (Å²) in [5, 5.41) is 5.57. The number of anilines is 1. The van der Waals surface area contributed by atoms with Gasteiger partial charge >= 0.3 is 6.03 Å². The minimum atomic E-state index is -0.564. The molecule has 0 spiro atoms. The second kappa shape index (κ2) is 8.15. The molecule has 1 saturated heterocycles. The summed E-state index contributed by atoms with van der Waals surface area (Å²) in [5.41, 5.74) is 0.693. The van der Waals surface area contributed by atoms with Gasteiger partial charge in [-0.25, -0.2) is 4.79 Å². The van der Waals surface area contributed by atoms with E-state index in [0.717, 1.165) is 0 Å².